The Hall–Kier alpha value is -3.52. The fraction of sp³-hybridized carbons (Fsp3) is 0.393. The number of carbonyl (C=O) groups excluding carboxylic acids is 3. The lowest BCUT2D eigenvalue weighted by Crippen LogP contribution is -2.54. The maximum Gasteiger partial charge on any atom is 0.335 e. The van der Waals surface area contributed by atoms with E-state index >= 15 is 0 Å². The maximum atomic E-state index is 13.2. The van der Waals surface area contributed by atoms with Crippen LogP contribution in [0.5, 0.6) is 17.2 Å². The largest absolute Gasteiger partial charge is 0.497 e. The van der Waals surface area contributed by atoms with E-state index in [0.717, 1.165) is 17.7 Å². The molecule has 0 saturated carbocycles. The van der Waals surface area contributed by atoms with Gasteiger partial charge in [-0.05, 0) is 61.4 Å². The summed E-state index contributed by atoms with van der Waals surface area (Å²) in [5.41, 5.74) is 0.547. The van der Waals surface area contributed by atoms with Crippen molar-refractivity contribution in [1.29, 1.82) is 0 Å². The maximum absolute atomic E-state index is 13.2. The molecule has 0 unspecified atom stereocenters. The summed E-state index contributed by atoms with van der Waals surface area (Å²) in [4.78, 5) is 39.1. The highest BCUT2D eigenvalue weighted by Gasteiger charge is 2.37. The molecule has 4 amide bonds. The van der Waals surface area contributed by atoms with Gasteiger partial charge in [0, 0.05) is 0 Å². The second kappa shape index (κ2) is 13.7. The third kappa shape index (κ3) is 7.26. The molecule has 1 saturated heterocycles. The Morgan fingerprint density at radius 3 is 2.32 bits per heavy atom. The van der Waals surface area contributed by atoms with Gasteiger partial charge in [-0.25, -0.2) is 9.69 Å². The number of urea groups is 1. The lowest BCUT2D eigenvalue weighted by Gasteiger charge is -2.26. The highest BCUT2D eigenvalue weighted by atomic mass is 35.5. The van der Waals surface area contributed by atoms with Crippen LogP contribution in [0.15, 0.2) is 42.0 Å². The third-order valence-electron chi connectivity index (χ3n) is 5.82. The van der Waals surface area contributed by atoms with Crippen molar-refractivity contribution < 1.29 is 28.6 Å². The van der Waals surface area contributed by atoms with Crippen LogP contribution in [-0.4, -0.2) is 38.2 Å². The van der Waals surface area contributed by atoms with E-state index in [-0.39, 0.29) is 5.57 Å². The summed E-state index contributed by atoms with van der Waals surface area (Å²) in [6.45, 7) is 4.91. The molecule has 0 atom stereocenters. The first-order valence-electron chi connectivity index (χ1n) is 12.5. The van der Waals surface area contributed by atoms with Crippen LogP contribution in [0.1, 0.15) is 57.9 Å². The number of anilines is 1. The van der Waals surface area contributed by atoms with E-state index in [9.17, 15) is 14.4 Å². The number of carbonyl (C=O) groups is 3. The fourth-order valence-electron chi connectivity index (χ4n) is 3.92. The number of benzene rings is 2. The minimum absolute atomic E-state index is 0.213. The Bertz CT molecular complexity index is 1150. The van der Waals surface area contributed by atoms with E-state index in [2.05, 4.69) is 12.2 Å². The number of ether oxygens (including phenoxy) is 3. The Morgan fingerprint density at radius 2 is 1.65 bits per heavy atom. The van der Waals surface area contributed by atoms with Gasteiger partial charge in [0.15, 0.2) is 11.5 Å². The standard InChI is InChI=1S/C28H33ClN2O6/c1-4-6-7-8-9-10-15-37-25-23(29)17-19(18-24(25)36-5-2)16-22-26(32)30-28(34)31(27(22)33)20-11-13-21(35-3)14-12-20/h11-14,16-18H,4-10,15H2,1-3H3,(H,30,32,34)/b22-16+. The number of barbiturate groups is 1. The Morgan fingerprint density at radius 1 is 0.946 bits per heavy atom. The van der Waals surface area contributed by atoms with E-state index in [1.54, 1.807) is 36.4 Å². The number of methoxy groups -OCH3 is 1. The molecule has 1 aliphatic rings. The van der Waals surface area contributed by atoms with E-state index in [1.807, 2.05) is 6.92 Å². The first-order valence-corrected chi connectivity index (χ1v) is 12.9. The number of amides is 4. The van der Waals surface area contributed by atoms with Gasteiger partial charge in [-0.15, -0.1) is 0 Å². The Balaban J connectivity index is 1.81. The molecule has 1 aliphatic heterocycles. The zero-order valence-corrected chi connectivity index (χ0v) is 22.2. The summed E-state index contributed by atoms with van der Waals surface area (Å²) < 4.78 is 16.8. The van der Waals surface area contributed by atoms with Crippen LogP contribution in [0.25, 0.3) is 6.08 Å². The van der Waals surface area contributed by atoms with Gasteiger partial charge >= 0.3 is 6.03 Å². The van der Waals surface area contributed by atoms with Crippen LogP contribution in [0.4, 0.5) is 10.5 Å². The number of hydrogen-bond acceptors (Lipinski definition) is 6. The van der Waals surface area contributed by atoms with Gasteiger partial charge in [0.1, 0.15) is 11.3 Å². The van der Waals surface area contributed by atoms with Crippen LogP contribution in [-0.2, 0) is 9.59 Å². The monoisotopic (exact) mass is 528 g/mol. The highest BCUT2D eigenvalue weighted by Crippen LogP contribution is 2.38. The van der Waals surface area contributed by atoms with Crippen LogP contribution in [0.3, 0.4) is 0 Å². The molecule has 0 aliphatic carbocycles. The zero-order valence-electron chi connectivity index (χ0n) is 21.5. The molecule has 8 nitrogen and oxygen atoms in total. The summed E-state index contributed by atoms with van der Waals surface area (Å²) in [6, 6.07) is 8.79. The predicted octanol–water partition coefficient (Wildman–Crippen LogP) is 6.15. The molecule has 198 valence electrons. The average Bonchev–Trinajstić information content (AvgIpc) is 2.87. The second-order valence-corrected chi connectivity index (χ2v) is 8.94. The van der Waals surface area contributed by atoms with Crippen LogP contribution in [0, 0.1) is 0 Å². The Kier molecular flexibility index (Phi) is 10.4. The number of hydrogen-bond donors (Lipinski definition) is 1. The quantitative estimate of drug-likeness (QED) is 0.190. The molecular formula is C28H33ClN2O6. The van der Waals surface area contributed by atoms with E-state index in [0.29, 0.717) is 46.7 Å². The van der Waals surface area contributed by atoms with Crippen molar-refractivity contribution >= 4 is 41.2 Å². The Labute approximate surface area is 222 Å². The van der Waals surface area contributed by atoms with Crippen molar-refractivity contribution in [3.63, 3.8) is 0 Å². The van der Waals surface area contributed by atoms with E-state index < -0.39 is 17.8 Å². The topological polar surface area (TPSA) is 94.2 Å². The summed E-state index contributed by atoms with van der Waals surface area (Å²) in [6.07, 6.45) is 8.20. The van der Waals surface area contributed by atoms with Crippen molar-refractivity contribution in [3.8, 4) is 17.2 Å². The molecule has 0 aromatic heterocycles. The lowest BCUT2D eigenvalue weighted by molar-refractivity contribution is -0.122. The van der Waals surface area contributed by atoms with Crippen molar-refractivity contribution in [2.24, 2.45) is 0 Å². The number of unbranched alkanes of at least 4 members (excludes halogenated alkanes) is 5. The fourth-order valence-corrected chi connectivity index (χ4v) is 4.19. The van der Waals surface area contributed by atoms with Gasteiger partial charge in [-0.3, -0.25) is 14.9 Å². The third-order valence-corrected chi connectivity index (χ3v) is 6.10. The van der Waals surface area contributed by atoms with Crippen molar-refractivity contribution in [2.45, 2.75) is 52.4 Å². The molecule has 1 fully saturated rings. The number of halogens is 1. The molecule has 2 aromatic carbocycles. The normalized spacial score (nSPS) is 14.6. The molecular weight excluding hydrogens is 496 g/mol. The summed E-state index contributed by atoms with van der Waals surface area (Å²) in [7, 11) is 1.51. The molecule has 2 aromatic rings. The number of nitrogens with one attached hydrogen (secondary N) is 1. The highest BCUT2D eigenvalue weighted by molar-refractivity contribution is 6.39. The van der Waals surface area contributed by atoms with Gasteiger partial charge in [-0.2, -0.15) is 0 Å². The first kappa shape index (κ1) is 28.1. The minimum Gasteiger partial charge on any atom is -0.497 e. The smallest absolute Gasteiger partial charge is 0.335 e. The second-order valence-electron chi connectivity index (χ2n) is 8.54. The molecule has 9 heteroatoms. The van der Waals surface area contributed by atoms with Gasteiger partial charge in [0.05, 0.1) is 31.0 Å². The van der Waals surface area contributed by atoms with Crippen molar-refractivity contribution in [2.75, 3.05) is 25.2 Å². The first-order chi connectivity index (χ1) is 17.9. The average molecular weight is 529 g/mol. The van der Waals surface area contributed by atoms with E-state index in [4.69, 9.17) is 25.8 Å². The minimum atomic E-state index is -0.830. The van der Waals surface area contributed by atoms with Crippen LogP contribution in [0.2, 0.25) is 5.02 Å². The molecule has 0 bridgehead atoms. The number of nitrogens with zero attached hydrogens (tertiary/aromatic N) is 1. The van der Waals surface area contributed by atoms with Crippen LogP contribution >= 0.6 is 11.6 Å². The van der Waals surface area contributed by atoms with Crippen molar-refractivity contribution in [1.82, 2.24) is 5.32 Å². The van der Waals surface area contributed by atoms with Gasteiger partial charge in [-0.1, -0.05) is 50.6 Å². The SMILES string of the molecule is CCCCCCCCOc1c(Cl)cc(/C=C2\C(=O)NC(=O)N(c3ccc(OC)cc3)C2=O)cc1OCC. The van der Waals surface area contributed by atoms with E-state index in [1.165, 1.54) is 38.9 Å². The van der Waals surface area contributed by atoms with Gasteiger partial charge in [0.2, 0.25) is 0 Å². The number of imide groups is 2. The summed E-state index contributed by atoms with van der Waals surface area (Å²) >= 11 is 6.52. The predicted molar refractivity (Wildman–Crippen MR) is 143 cm³/mol. The summed E-state index contributed by atoms with van der Waals surface area (Å²) in [5.74, 6) is -0.140. The molecule has 0 radical (unpaired) electrons. The molecule has 37 heavy (non-hydrogen) atoms. The molecule has 1 heterocycles. The van der Waals surface area contributed by atoms with Gasteiger partial charge < -0.3 is 14.2 Å². The molecule has 0 spiro atoms. The van der Waals surface area contributed by atoms with Crippen LogP contribution < -0.4 is 24.4 Å². The molecule has 3 rings (SSSR count). The molecule has 1 N–H and O–H groups in total. The van der Waals surface area contributed by atoms with Gasteiger partial charge in [0.25, 0.3) is 11.8 Å². The summed E-state index contributed by atoms with van der Waals surface area (Å²) in [5, 5.41) is 2.52. The lowest BCUT2D eigenvalue weighted by atomic mass is 10.1. The van der Waals surface area contributed by atoms with Crippen molar-refractivity contribution in [3.05, 3.63) is 52.6 Å². The number of rotatable bonds is 13. The zero-order chi connectivity index (χ0) is 26.8.